The minimum atomic E-state index is -2.08. The molecule has 1 aromatic carbocycles. The van der Waals surface area contributed by atoms with Gasteiger partial charge in [-0.25, -0.2) is 0 Å². The molecule has 0 unspecified atom stereocenters. The maximum Gasteiger partial charge on any atom is 0.314 e. The van der Waals surface area contributed by atoms with Gasteiger partial charge in [0.1, 0.15) is 0 Å². The highest BCUT2D eigenvalue weighted by atomic mass is 28.5. The fraction of sp³-hybridized carbons (Fsp3) is 0.467. The van der Waals surface area contributed by atoms with E-state index in [2.05, 4.69) is 52.4 Å². The normalized spacial score (nSPS) is 22.9. The summed E-state index contributed by atoms with van der Waals surface area (Å²) < 4.78 is 24.1. The molecule has 0 saturated carbocycles. The first-order chi connectivity index (χ1) is 10.4. The highest BCUT2D eigenvalue weighted by molar-refractivity contribution is 6.89. The summed E-state index contributed by atoms with van der Waals surface area (Å²) in [6.45, 7) is 18.1. The Morgan fingerprint density at radius 1 is 0.826 bits per heavy atom. The van der Waals surface area contributed by atoms with Crippen LogP contribution in [0.5, 0.6) is 0 Å². The summed E-state index contributed by atoms with van der Waals surface area (Å²) in [5, 5.41) is 0. The van der Waals surface area contributed by atoms with Crippen LogP contribution in [0.3, 0.4) is 0 Å². The summed E-state index contributed by atoms with van der Waals surface area (Å²) in [7, 11) is -7.74. The van der Waals surface area contributed by atoms with Gasteiger partial charge in [0.2, 0.25) is 0 Å². The fourth-order valence-electron chi connectivity index (χ4n) is 2.67. The summed E-state index contributed by atoms with van der Waals surface area (Å²) in [4.78, 5) is 0. The van der Waals surface area contributed by atoms with E-state index in [0.29, 0.717) is 0 Å². The molecule has 23 heavy (non-hydrogen) atoms. The first-order valence-corrected chi connectivity index (χ1v) is 18.4. The van der Waals surface area contributed by atoms with E-state index in [-0.39, 0.29) is 0 Å². The second-order valence-electron chi connectivity index (χ2n) is 6.82. The summed E-state index contributed by atoms with van der Waals surface area (Å²) in [5.41, 5.74) is 1.17. The average molecular weight is 387 g/mol. The van der Waals surface area contributed by atoms with Gasteiger partial charge in [0.25, 0.3) is 0 Å². The van der Waals surface area contributed by atoms with Crippen LogP contribution < -0.4 is 0 Å². The van der Waals surface area contributed by atoms with Crippen LogP contribution in [-0.4, -0.2) is 35.0 Å². The Hall–Kier alpha value is -0.332. The molecular weight excluding hydrogens is 357 g/mol. The lowest BCUT2D eigenvalue weighted by molar-refractivity contribution is 0.251. The molecule has 4 nitrogen and oxygen atoms in total. The van der Waals surface area contributed by atoms with Crippen LogP contribution in [0.15, 0.2) is 36.9 Å². The molecule has 1 aliphatic heterocycles. The number of hydrogen-bond acceptors (Lipinski definition) is 4. The van der Waals surface area contributed by atoms with Crippen molar-refractivity contribution in [2.24, 2.45) is 0 Å². The third-order valence-corrected chi connectivity index (χ3v) is 18.0. The van der Waals surface area contributed by atoms with E-state index in [0.717, 1.165) is 0 Å². The molecule has 1 heterocycles. The van der Waals surface area contributed by atoms with Crippen molar-refractivity contribution < 1.29 is 16.5 Å². The van der Waals surface area contributed by atoms with E-state index in [1.807, 2.05) is 36.4 Å². The van der Waals surface area contributed by atoms with Crippen LogP contribution in [0.25, 0.3) is 6.08 Å². The van der Waals surface area contributed by atoms with Crippen LogP contribution in [0.1, 0.15) is 5.56 Å². The maximum atomic E-state index is 6.09. The quantitative estimate of drug-likeness (QED) is 0.672. The van der Waals surface area contributed by atoms with Crippen molar-refractivity contribution >= 4 is 41.0 Å². The van der Waals surface area contributed by atoms with E-state index in [1.54, 1.807) is 0 Å². The summed E-state index contributed by atoms with van der Waals surface area (Å²) >= 11 is 0. The summed E-state index contributed by atoms with van der Waals surface area (Å²) in [6.07, 6.45) is 1.83. The largest absolute Gasteiger partial charge is 0.418 e. The third-order valence-electron chi connectivity index (χ3n) is 2.92. The van der Waals surface area contributed by atoms with Gasteiger partial charge in [-0.05, 0) is 51.4 Å². The van der Waals surface area contributed by atoms with E-state index in [9.17, 15) is 0 Å². The highest BCUT2D eigenvalue weighted by Gasteiger charge is 2.46. The second-order valence-corrected chi connectivity index (χ2v) is 19.9. The van der Waals surface area contributed by atoms with Gasteiger partial charge in [0.05, 0.1) is 0 Å². The lowest BCUT2D eigenvalue weighted by Gasteiger charge is -2.43. The lowest BCUT2D eigenvalue weighted by Crippen LogP contribution is -2.60. The van der Waals surface area contributed by atoms with Crippen LogP contribution >= 0.6 is 0 Å². The molecule has 2 rings (SSSR count). The SMILES string of the molecule is C=Cc1ccccc1.C[SiH]1O[Si](C)(C)O[Si](C)(C)O[Si](C)(C)O1. The highest BCUT2D eigenvalue weighted by Crippen LogP contribution is 2.26. The van der Waals surface area contributed by atoms with Crippen molar-refractivity contribution in [3.05, 3.63) is 42.5 Å². The molecule has 1 saturated heterocycles. The van der Waals surface area contributed by atoms with Gasteiger partial charge in [0, 0.05) is 0 Å². The molecule has 0 aromatic heterocycles. The smallest absolute Gasteiger partial charge is 0.314 e. The first kappa shape index (κ1) is 20.7. The van der Waals surface area contributed by atoms with E-state index in [4.69, 9.17) is 16.5 Å². The molecule has 0 atom stereocenters. The predicted molar refractivity (Wildman–Crippen MR) is 106 cm³/mol. The van der Waals surface area contributed by atoms with Crippen LogP contribution in [0, 0.1) is 0 Å². The number of hydrogen-bond donors (Lipinski definition) is 0. The molecule has 8 heteroatoms. The van der Waals surface area contributed by atoms with Crippen molar-refractivity contribution in [3.63, 3.8) is 0 Å². The summed E-state index contributed by atoms with van der Waals surface area (Å²) in [6, 6.07) is 10.0. The Morgan fingerprint density at radius 2 is 1.26 bits per heavy atom. The van der Waals surface area contributed by atoms with Crippen molar-refractivity contribution in [3.8, 4) is 0 Å². The molecular formula is C15H30O4Si4. The zero-order chi connectivity index (χ0) is 17.7. The summed E-state index contributed by atoms with van der Waals surface area (Å²) in [5.74, 6) is 0. The molecule has 0 bridgehead atoms. The third kappa shape index (κ3) is 8.36. The Morgan fingerprint density at radius 3 is 1.61 bits per heavy atom. The Bertz CT molecular complexity index is 483. The Labute approximate surface area is 146 Å². The molecule has 1 fully saturated rings. The van der Waals surface area contributed by atoms with Crippen LogP contribution in [0.4, 0.5) is 0 Å². The zero-order valence-corrected chi connectivity index (χ0v) is 19.5. The van der Waals surface area contributed by atoms with Gasteiger partial charge in [-0.3, -0.25) is 0 Å². The lowest BCUT2D eigenvalue weighted by atomic mass is 10.2. The molecule has 1 aromatic rings. The van der Waals surface area contributed by atoms with Crippen molar-refractivity contribution in [1.29, 1.82) is 0 Å². The topological polar surface area (TPSA) is 36.9 Å². The fourth-order valence-corrected chi connectivity index (χ4v) is 20.9. The van der Waals surface area contributed by atoms with Gasteiger partial charge >= 0.3 is 35.0 Å². The maximum absolute atomic E-state index is 6.09. The second kappa shape index (κ2) is 8.17. The molecule has 0 aliphatic carbocycles. The van der Waals surface area contributed by atoms with Crippen LogP contribution in [0.2, 0.25) is 45.8 Å². The monoisotopic (exact) mass is 386 g/mol. The predicted octanol–water partition coefficient (Wildman–Crippen LogP) is 4.35. The number of benzene rings is 1. The molecule has 0 spiro atoms. The number of rotatable bonds is 1. The van der Waals surface area contributed by atoms with Crippen molar-refractivity contribution in [2.45, 2.75) is 45.8 Å². The van der Waals surface area contributed by atoms with Gasteiger partial charge < -0.3 is 16.5 Å². The van der Waals surface area contributed by atoms with Gasteiger partial charge in [0.15, 0.2) is 0 Å². The first-order valence-electron chi connectivity index (χ1n) is 7.88. The van der Waals surface area contributed by atoms with E-state index >= 15 is 0 Å². The van der Waals surface area contributed by atoms with Gasteiger partial charge in [-0.15, -0.1) is 0 Å². The van der Waals surface area contributed by atoms with Gasteiger partial charge in [-0.2, -0.15) is 0 Å². The van der Waals surface area contributed by atoms with Crippen molar-refractivity contribution in [2.75, 3.05) is 0 Å². The molecule has 0 radical (unpaired) electrons. The molecule has 0 N–H and O–H groups in total. The zero-order valence-electron chi connectivity index (χ0n) is 15.4. The molecule has 1 aliphatic rings. The standard InChI is InChI=1S/C8H8.C7H22O4Si4/c1-2-8-6-4-3-5-7-8;1-12-8-13(2,3)10-15(6,7)11-14(4,5)9-12/h2-7H,1H2;12H,1-7H3. The van der Waals surface area contributed by atoms with Crippen LogP contribution in [-0.2, 0) is 16.5 Å². The molecule has 130 valence electrons. The van der Waals surface area contributed by atoms with E-state index < -0.39 is 35.0 Å². The molecule has 0 amide bonds. The minimum Gasteiger partial charge on any atom is -0.418 e. The van der Waals surface area contributed by atoms with Crippen molar-refractivity contribution in [1.82, 2.24) is 0 Å². The average Bonchev–Trinajstić information content (AvgIpc) is 2.34. The van der Waals surface area contributed by atoms with E-state index in [1.165, 1.54) is 5.56 Å². The Kier molecular flexibility index (Phi) is 7.35. The van der Waals surface area contributed by atoms with Gasteiger partial charge in [-0.1, -0.05) is 43.0 Å². The Balaban J connectivity index is 0.000000277. The minimum absolute atomic E-state index is 1.17.